The molecule has 0 aromatic heterocycles. The van der Waals surface area contributed by atoms with Gasteiger partial charge in [-0.15, -0.1) is 0 Å². The summed E-state index contributed by atoms with van der Waals surface area (Å²) in [4.78, 5) is 0. The van der Waals surface area contributed by atoms with Gasteiger partial charge < -0.3 is 15.8 Å². The van der Waals surface area contributed by atoms with E-state index in [0.717, 1.165) is 30.6 Å². The van der Waals surface area contributed by atoms with Crippen LogP contribution in [0.4, 0.5) is 0 Å². The Labute approximate surface area is 121 Å². The molecule has 1 heterocycles. The van der Waals surface area contributed by atoms with Gasteiger partial charge in [-0.1, -0.05) is 25.1 Å². The summed E-state index contributed by atoms with van der Waals surface area (Å²) >= 11 is 0. The second kappa shape index (κ2) is 5.05. The largest absolute Gasteiger partial charge is 0.487 e. The van der Waals surface area contributed by atoms with E-state index in [0.29, 0.717) is 6.54 Å². The van der Waals surface area contributed by atoms with Crippen molar-refractivity contribution in [2.75, 3.05) is 13.1 Å². The van der Waals surface area contributed by atoms with Gasteiger partial charge in [-0.3, -0.25) is 0 Å². The highest BCUT2D eigenvalue weighted by molar-refractivity contribution is 5.47. The van der Waals surface area contributed by atoms with E-state index in [1.165, 1.54) is 17.5 Å². The lowest BCUT2D eigenvalue weighted by atomic mass is 9.98. The maximum absolute atomic E-state index is 6.16. The van der Waals surface area contributed by atoms with Crippen LogP contribution in [0.3, 0.4) is 0 Å². The van der Waals surface area contributed by atoms with Gasteiger partial charge in [0, 0.05) is 24.6 Å². The Bertz CT molecular complexity index is 498. The van der Waals surface area contributed by atoms with Gasteiger partial charge in [0.2, 0.25) is 0 Å². The zero-order valence-corrected chi connectivity index (χ0v) is 12.8. The number of rotatable bonds is 5. The van der Waals surface area contributed by atoms with E-state index in [-0.39, 0.29) is 11.6 Å². The summed E-state index contributed by atoms with van der Waals surface area (Å²) in [5.41, 5.74) is 8.43. The Kier molecular flexibility index (Phi) is 3.51. The van der Waals surface area contributed by atoms with Gasteiger partial charge in [-0.25, -0.2) is 0 Å². The van der Waals surface area contributed by atoms with Gasteiger partial charge in [0.05, 0.1) is 0 Å². The molecule has 3 nitrogen and oxygen atoms in total. The van der Waals surface area contributed by atoms with E-state index in [9.17, 15) is 0 Å². The van der Waals surface area contributed by atoms with E-state index in [1.54, 1.807) is 0 Å². The summed E-state index contributed by atoms with van der Waals surface area (Å²) in [6.45, 7) is 8.29. The Morgan fingerprint density at radius 2 is 2.20 bits per heavy atom. The quantitative estimate of drug-likeness (QED) is 0.868. The van der Waals surface area contributed by atoms with Crippen molar-refractivity contribution >= 4 is 0 Å². The minimum absolute atomic E-state index is 0.0947. The van der Waals surface area contributed by atoms with E-state index in [4.69, 9.17) is 10.5 Å². The maximum Gasteiger partial charge on any atom is 0.128 e. The summed E-state index contributed by atoms with van der Waals surface area (Å²) in [7, 11) is 0. The maximum atomic E-state index is 6.16. The van der Waals surface area contributed by atoms with Gasteiger partial charge in [-0.05, 0) is 44.2 Å². The van der Waals surface area contributed by atoms with Crippen LogP contribution in [0.2, 0.25) is 0 Å². The second-order valence-electron chi connectivity index (χ2n) is 7.04. The highest BCUT2D eigenvalue weighted by atomic mass is 16.5. The molecule has 0 bridgehead atoms. The number of nitrogens with one attached hydrogen (secondary N) is 1. The number of hydrogen-bond acceptors (Lipinski definition) is 3. The third kappa shape index (κ3) is 2.70. The van der Waals surface area contributed by atoms with Crippen molar-refractivity contribution in [3.05, 3.63) is 29.3 Å². The number of fused-ring (bicyclic) bond motifs is 1. The minimum Gasteiger partial charge on any atom is -0.487 e. The fraction of sp³-hybridized carbons (Fsp3) is 0.647. The number of hydrogen-bond donors (Lipinski definition) is 2. The first-order valence-corrected chi connectivity index (χ1v) is 7.74. The van der Waals surface area contributed by atoms with Crippen molar-refractivity contribution in [1.29, 1.82) is 0 Å². The van der Waals surface area contributed by atoms with Crippen LogP contribution in [0, 0.1) is 11.8 Å². The molecule has 3 unspecified atom stereocenters. The number of nitrogens with two attached hydrogens (primary N) is 1. The molecule has 1 aliphatic carbocycles. The third-order valence-electron chi connectivity index (χ3n) is 4.64. The fourth-order valence-corrected chi connectivity index (χ4v) is 3.21. The van der Waals surface area contributed by atoms with Crippen LogP contribution < -0.4 is 15.8 Å². The summed E-state index contributed by atoms with van der Waals surface area (Å²) in [5, 5.41) is 3.63. The van der Waals surface area contributed by atoms with Crippen molar-refractivity contribution < 1.29 is 4.74 Å². The summed E-state index contributed by atoms with van der Waals surface area (Å²) < 4.78 is 6.16. The first-order chi connectivity index (χ1) is 9.50. The van der Waals surface area contributed by atoms with Crippen LogP contribution in [0.25, 0.3) is 0 Å². The van der Waals surface area contributed by atoms with Gasteiger partial charge in [0.25, 0.3) is 0 Å². The lowest BCUT2D eigenvalue weighted by molar-refractivity contribution is 0.136. The molecule has 3 rings (SSSR count). The van der Waals surface area contributed by atoms with Crippen molar-refractivity contribution in [2.24, 2.45) is 17.6 Å². The number of ether oxygens (including phenoxy) is 1. The molecule has 0 amide bonds. The van der Waals surface area contributed by atoms with Crippen LogP contribution in [0.1, 0.15) is 44.4 Å². The van der Waals surface area contributed by atoms with E-state index < -0.39 is 0 Å². The molecule has 2 aliphatic rings. The molecule has 3 heteroatoms. The van der Waals surface area contributed by atoms with Crippen LogP contribution in [-0.4, -0.2) is 18.7 Å². The third-order valence-corrected chi connectivity index (χ3v) is 4.64. The van der Waals surface area contributed by atoms with Crippen LogP contribution in [0.15, 0.2) is 18.2 Å². The normalized spacial score (nSPS) is 27.8. The topological polar surface area (TPSA) is 47.3 Å². The van der Waals surface area contributed by atoms with Crippen LogP contribution in [0.5, 0.6) is 5.75 Å². The van der Waals surface area contributed by atoms with Gasteiger partial charge >= 0.3 is 0 Å². The predicted octanol–water partition coefficient (Wildman–Crippen LogP) is 2.65. The van der Waals surface area contributed by atoms with Crippen molar-refractivity contribution in [3.63, 3.8) is 0 Å². The van der Waals surface area contributed by atoms with E-state index in [1.807, 2.05) is 0 Å². The Hall–Kier alpha value is -1.06. The average molecular weight is 274 g/mol. The highest BCUT2D eigenvalue weighted by Gasteiger charge is 2.35. The van der Waals surface area contributed by atoms with Gasteiger partial charge in [0.1, 0.15) is 11.4 Å². The van der Waals surface area contributed by atoms with E-state index >= 15 is 0 Å². The fourth-order valence-electron chi connectivity index (χ4n) is 3.21. The molecule has 1 aliphatic heterocycles. The van der Waals surface area contributed by atoms with E-state index in [2.05, 4.69) is 44.3 Å². The Morgan fingerprint density at radius 3 is 2.85 bits per heavy atom. The molecule has 1 saturated carbocycles. The molecular weight excluding hydrogens is 248 g/mol. The molecule has 0 saturated heterocycles. The smallest absolute Gasteiger partial charge is 0.128 e. The Balaban J connectivity index is 1.77. The molecule has 1 aromatic rings. The van der Waals surface area contributed by atoms with Gasteiger partial charge in [0.15, 0.2) is 0 Å². The van der Waals surface area contributed by atoms with Gasteiger partial charge in [-0.2, -0.15) is 0 Å². The minimum atomic E-state index is -0.0947. The molecule has 20 heavy (non-hydrogen) atoms. The highest BCUT2D eigenvalue weighted by Crippen LogP contribution is 2.41. The number of benzene rings is 1. The summed E-state index contributed by atoms with van der Waals surface area (Å²) in [6, 6.07) is 6.65. The summed E-state index contributed by atoms with van der Waals surface area (Å²) in [5.74, 6) is 2.76. The first-order valence-electron chi connectivity index (χ1n) is 7.74. The molecule has 3 N–H and O–H groups in total. The molecule has 1 aromatic carbocycles. The lowest BCUT2D eigenvalue weighted by Crippen LogP contribution is -2.31. The molecule has 3 atom stereocenters. The Morgan fingerprint density at radius 1 is 1.45 bits per heavy atom. The van der Waals surface area contributed by atoms with Crippen molar-refractivity contribution in [3.8, 4) is 5.75 Å². The van der Waals surface area contributed by atoms with Crippen molar-refractivity contribution in [2.45, 2.75) is 45.3 Å². The SMILES string of the molecule is CC1CC1CNC(CN)c1cccc2c1OC(C)(C)C2. The summed E-state index contributed by atoms with van der Waals surface area (Å²) in [6.07, 6.45) is 2.33. The average Bonchev–Trinajstić information content (AvgIpc) is 2.98. The molecular formula is C17H26N2O. The zero-order chi connectivity index (χ0) is 14.3. The monoisotopic (exact) mass is 274 g/mol. The molecule has 0 radical (unpaired) electrons. The zero-order valence-electron chi connectivity index (χ0n) is 12.8. The first kappa shape index (κ1) is 13.9. The number of para-hydroxylation sites is 1. The standard InChI is InChI=1S/C17H26N2O/c1-11-7-13(11)10-19-15(9-18)14-6-4-5-12-8-17(2,3)20-16(12)14/h4-6,11,13,15,19H,7-10,18H2,1-3H3. The molecule has 1 fully saturated rings. The molecule has 110 valence electrons. The van der Waals surface area contributed by atoms with Crippen LogP contribution in [-0.2, 0) is 6.42 Å². The van der Waals surface area contributed by atoms with Crippen molar-refractivity contribution in [1.82, 2.24) is 5.32 Å². The second-order valence-corrected chi connectivity index (χ2v) is 7.04. The lowest BCUT2D eigenvalue weighted by Gasteiger charge is -2.22. The van der Waals surface area contributed by atoms with Crippen LogP contribution >= 0.6 is 0 Å². The predicted molar refractivity (Wildman–Crippen MR) is 81.9 cm³/mol. The molecule has 0 spiro atoms.